The van der Waals surface area contributed by atoms with Gasteiger partial charge in [-0.15, -0.1) is 0 Å². The lowest BCUT2D eigenvalue weighted by Gasteiger charge is -2.39. The Morgan fingerprint density at radius 2 is 1.79 bits per heavy atom. The van der Waals surface area contributed by atoms with Gasteiger partial charge in [0.25, 0.3) is 0 Å². The van der Waals surface area contributed by atoms with E-state index in [-0.39, 0.29) is 6.10 Å². The maximum absolute atomic E-state index is 10.3. The van der Waals surface area contributed by atoms with Crippen molar-refractivity contribution in [2.75, 3.05) is 26.2 Å². The maximum atomic E-state index is 10.3. The van der Waals surface area contributed by atoms with Crippen molar-refractivity contribution in [3.8, 4) is 0 Å². The van der Waals surface area contributed by atoms with E-state index in [0.717, 1.165) is 45.4 Å². The van der Waals surface area contributed by atoms with Gasteiger partial charge >= 0.3 is 0 Å². The Morgan fingerprint density at radius 1 is 1.05 bits per heavy atom. The third-order valence-corrected chi connectivity index (χ3v) is 4.59. The van der Waals surface area contributed by atoms with Crippen molar-refractivity contribution in [2.45, 2.75) is 69.6 Å². The topological polar surface area (TPSA) is 58.7 Å². The Balaban J connectivity index is 1.72. The molecule has 2 unspecified atom stereocenters. The first-order valence-corrected chi connectivity index (χ1v) is 8.05. The van der Waals surface area contributed by atoms with Crippen LogP contribution in [-0.2, 0) is 4.74 Å². The summed E-state index contributed by atoms with van der Waals surface area (Å²) in [5.74, 6) is 0. The minimum Gasteiger partial charge on any atom is -0.391 e. The summed E-state index contributed by atoms with van der Waals surface area (Å²) >= 11 is 0. The number of hydrogen-bond acceptors (Lipinski definition) is 4. The average molecular weight is 270 g/mol. The van der Waals surface area contributed by atoms with Crippen molar-refractivity contribution >= 4 is 0 Å². The highest BCUT2D eigenvalue weighted by Crippen LogP contribution is 2.25. The second-order valence-corrected chi connectivity index (χ2v) is 6.02. The van der Waals surface area contributed by atoms with E-state index in [1.54, 1.807) is 0 Å². The van der Waals surface area contributed by atoms with E-state index in [1.807, 2.05) is 0 Å². The quantitative estimate of drug-likeness (QED) is 0.587. The van der Waals surface area contributed by atoms with E-state index in [2.05, 4.69) is 4.90 Å². The summed E-state index contributed by atoms with van der Waals surface area (Å²) < 4.78 is 5.84. The van der Waals surface area contributed by atoms with E-state index in [4.69, 9.17) is 10.5 Å². The van der Waals surface area contributed by atoms with Crippen molar-refractivity contribution in [2.24, 2.45) is 5.73 Å². The van der Waals surface area contributed by atoms with E-state index >= 15 is 0 Å². The van der Waals surface area contributed by atoms with Gasteiger partial charge in [0.15, 0.2) is 0 Å². The molecule has 1 saturated heterocycles. The molecule has 3 N–H and O–H groups in total. The number of ether oxygens (including phenoxy) is 1. The number of nitrogens with two attached hydrogens (primary N) is 1. The Hall–Kier alpha value is -0.160. The van der Waals surface area contributed by atoms with Crippen molar-refractivity contribution in [3.63, 3.8) is 0 Å². The van der Waals surface area contributed by atoms with Crippen LogP contribution in [-0.4, -0.2) is 54.5 Å². The van der Waals surface area contributed by atoms with Gasteiger partial charge in [-0.05, 0) is 38.6 Å². The SMILES string of the molecule is NCCCOC1CCN(C2CCCCCC2O)CC1. The number of nitrogens with zero attached hydrogens (tertiary/aromatic N) is 1. The monoisotopic (exact) mass is 270 g/mol. The molecule has 0 aromatic heterocycles. The van der Waals surface area contributed by atoms with Crippen molar-refractivity contribution in [1.29, 1.82) is 0 Å². The molecule has 0 amide bonds. The van der Waals surface area contributed by atoms with Crippen LogP contribution in [0.2, 0.25) is 0 Å². The fourth-order valence-electron chi connectivity index (χ4n) is 3.40. The third kappa shape index (κ3) is 4.71. The molecule has 1 saturated carbocycles. The van der Waals surface area contributed by atoms with Gasteiger partial charge in [-0.3, -0.25) is 4.90 Å². The maximum Gasteiger partial charge on any atom is 0.0695 e. The smallest absolute Gasteiger partial charge is 0.0695 e. The highest BCUT2D eigenvalue weighted by atomic mass is 16.5. The molecule has 0 radical (unpaired) electrons. The summed E-state index contributed by atoms with van der Waals surface area (Å²) in [6.07, 6.45) is 9.36. The zero-order chi connectivity index (χ0) is 13.5. The highest BCUT2D eigenvalue weighted by molar-refractivity contribution is 4.85. The average Bonchev–Trinajstić information content (AvgIpc) is 2.65. The van der Waals surface area contributed by atoms with Crippen LogP contribution in [0.5, 0.6) is 0 Å². The van der Waals surface area contributed by atoms with E-state index in [1.165, 1.54) is 25.7 Å². The number of likely N-dealkylation sites (tertiary alicyclic amines) is 1. The molecule has 0 aromatic rings. The standard InChI is InChI=1S/C15H30N2O2/c16-9-4-12-19-13-7-10-17(11-8-13)14-5-2-1-3-6-15(14)18/h13-15,18H,1-12,16H2. The minimum atomic E-state index is -0.114. The predicted octanol–water partition coefficient (Wildman–Crippen LogP) is 1.51. The van der Waals surface area contributed by atoms with Crippen LogP contribution in [0.4, 0.5) is 0 Å². The van der Waals surface area contributed by atoms with Crippen LogP contribution < -0.4 is 5.73 Å². The second kappa shape index (κ2) is 8.20. The highest BCUT2D eigenvalue weighted by Gasteiger charge is 2.30. The molecule has 2 atom stereocenters. The van der Waals surface area contributed by atoms with Gasteiger partial charge in [0.2, 0.25) is 0 Å². The van der Waals surface area contributed by atoms with Crippen LogP contribution in [0.1, 0.15) is 51.4 Å². The van der Waals surface area contributed by atoms with Crippen LogP contribution in [0.25, 0.3) is 0 Å². The summed E-state index contributed by atoms with van der Waals surface area (Å²) in [5, 5.41) is 10.3. The minimum absolute atomic E-state index is 0.114. The zero-order valence-electron chi connectivity index (χ0n) is 12.1. The van der Waals surface area contributed by atoms with Crippen molar-refractivity contribution in [1.82, 2.24) is 4.90 Å². The molecule has 112 valence electrons. The first-order chi connectivity index (χ1) is 9.31. The Labute approximate surface area is 117 Å². The lowest BCUT2D eigenvalue weighted by molar-refractivity contribution is -0.0253. The van der Waals surface area contributed by atoms with E-state index in [9.17, 15) is 5.11 Å². The normalized spacial score (nSPS) is 31.3. The molecule has 0 aromatic carbocycles. The van der Waals surface area contributed by atoms with Crippen molar-refractivity contribution in [3.05, 3.63) is 0 Å². The van der Waals surface area contributed by atoms with Crippen molar-refractivity contribution < 1.29 is 9.84 Å². The largest absolute Gasteiger partial charge is 0.391 e. The number of aliphatic hydroxyl groups is 1. The molecular weight excluding hydrogens is 240 g/mol. The zero-order valence-corrected chi connectivity index (χ0v) is 12.1. The Morgan fingerprint density at radius 3 is 2.53 bits per heavy atom. The summed E-state index contributed by atoms with van der Waals surface area (Å²) in [6.45, 7) is 3.67. The summed E-state index contributed by atoms with van der Waals surface area (Å²) in [7, 11) is 0. The fraction of sp³-hybridized carbons (Fsp3) is 1.00. The molecule has 4 nitrogen and oxygen atoms in total. The molecule has 19 heavy (non-hydrogen) atoms. The Kier molecular flexibility index (Phi) is 6.57. The first-order valence-electron chi connectivity index (χ1n) is 8.05. The van der Waals surface area contributed by atoms with Crippen LogP contribution in [0.3, 0.4) is 0 Å². The summed E-state index contributed by atoms with van der Waals surface area (Å²) in [4.78, 5) is 2.50. The van der Waals surface area contributed by atoms with E-state index in [0.29, 0.717) is 18.7 Å². The number of hydrogen-bond donors (Lipinski definition) is 2. The van der Waals surface area contributed by atoms with Gasteiger partial charge in [-0.25, -0.2) is 0 Å². The van der Waals surface area contributed by atoms with Gasteiger partial charge in [-0.1, -0.05) is 19.3 Å². The first kappa shape index (κ1) is 15.2. The van der Waals surface area contributed by atoms with Gasteiger partial charge in [0.05, 0.1) is 12.2 Å². The van der Waals surface area contributed by atoms with Gasteiger partial charge in [-0.2, -0.15) is 0 Å². The molecule has 1 aliphatic carbocycles. The molecule has 2 rings (SSSR count). The summed E-state index contributed by atoms with van der Waals surface area (Å²) in [6, 6.07) is 0.396. The van der Waals surface area contributed by atoms with Gasteiger partial charge < -0.3 is 15.6 Å². The molecule has 1 aliphatic heterocycles. The number of rotatable bonds is 5. The Bertz CT molecular complexity index is 242. The van der Waals surface area contributed by atoms with Crippen LogP contribution in [0.15, 0.2) is 0 Å². The van der Waals surface area contributed by atoms with Crippen LogP contribution in [0, 0.1) is 0 Å². The molecule has 1 heterocycles. The fourth-order valence-corrected chi connectivity index (χ4v) is 3.40. The lowest BCUT2D eigenvalue weighted by Crippen LogP contribution is -2.48. The molecule has 2 fully saturated rings. The summed E-state index contributed by atoms with van der Waals surface area (Å²) in [5.41, 5.74) is 5.48. The van der Waals surface area contributed by atoms with E-state index < -0.39 is 0 Å². The number of aliphatic hydroxyl groups excluding tert-OH is 1. The molecule has 0 spiro atoms. The molecule has 2 aliphatic rings. The molecule has 0 bridgehead atoms. The lowest BCUT2D eigenvalue weighted by atomic mass is 9.99. The molecule has 4 heteroatoms. The van der Waals surface area contributed by atoms with Gasteiger partial charge in [0.1, 0.15) is 0 Å². The third-order valence-electron chi connectivity index (χ3n) is 4.59. The van der Waals surface area contributed by atoms with Crippen LogP contribution >= 0.6 is 0 Å². The second-order valence-electron chi connectivity index (χ2n) is 6.02. The predicted molar refractivity (Wildman–Crippen MR) is 77.1 cm³/mol. The number of piperidine rings is 1. The van der Waals surface area contributed by atoms with Gasteiger partial charge in [0, 0.05) is 25.7 Å². The molecular formula is C15H30N2O2.